The average Bonchev–Trinajstić information content (AvgIpc) is 2.94. The van der Waals surface area contributed by atoms with E-state index >= 15 is 0 Å². The second-order valence-corrected chi connectivity index (χ2v) is 4.77. The van der Waals surface area contributed by atoms with Crippen LogP contribution in [0.5, 0.6) is 0 Å². The maximum absolute atomic E-state index is 12.1. The van der Waals surface area contributed by atoms with Gasteiger partial charge in [-0.05, 0) is 14.0 Å². The predicted molar refractivity (Wildman–Crippen MR) is 84.8 cm³/mol. The highest BCUT2D eigenvalue weighted by atomic mass is 35.5. The number of carbonyl (C=O) groups is 1. The zero-order valence-electron chi connectivity index (χ0n) is 12.4. The number of rotatable bonds is 5. The lowest BCUT2D eigenvalue weighted by atomic mass is 10.1. The molecule has 0 bridgehead atoms. The van der Waals surface area contributed by atoms with Crippen molar-refractivity contribution in [3.8, 4) is 11.3 Å². The van der Waals surface area contributed by atoms with Crippen LogP contribution in [0.1, 0.15) is 16.1 Å². The van der Waals surface area contributed by atoms with E-state index in [1.54, 1.807) is 18.0 Å². The van der Waals surface area contributed by atoms with Crippen LogP contribution in [-0.2, 0) is 0 Å². The Balaban J connectivity index is 0.00000220. The van der Waals surface area contributed by atoms with Crippen LogP contribution in [0.25, 0.3) is 11.3 Å². The van der Waals surface area contributed by atoms with Crippen molar-refractivity contribution in [2.75, 3.05) is 27.2 Å². The van der Waals surface area contributed by atoms with Crippen molar-refractivity contribution in [2.45, 2.75) is 6.92 Å². The number of nitrogens with zero attached hydrogens (tertiary/aromatic N) is 2. The first kappa shape index (κ1) is 17.2. The molecule has 0 spiro atoms. The Labute approximate surface area is 130 Å². The van der Waals surface area contributed by atoms with Gasteiger partial charge in [0.1, 0.15) is 5.69 Å². The summed E-state index contributed by atoms with van der Waals surface area (Å²) in [6.45, 7) is 3.38. The summed E-state index contributed by atoms with van der Waals surface area (Å²) >= 11 is 0. The van der Waals surface area contributed by atoms with Crippen LogP contribution in [0.3, 0.4) is 0 Å². The molecule has 0 atom stereocenters. The normalized spacial score (nSPS) is 10.0. The molecule has 0 aliphatic rings. The molecule has 1 heterocycles. The maximum atomic E-state index is 12.1. The highest BCUT2D eigenvalue weighted by Crippen LogP contribution is 2.20. The van der Waals surface area contributed by atoms with Crippen LogP contribution >= 0.6 is 12.4 Å². The van der Waals surface area contributed by atoms with E-state index in [2.05, 4.69) is 10.5 Å². The van der Waals surface area contributed by atoms with Gasteiger partial charge in [-0.25, -0.2) is 0 Å². The molecule has 0 saturated heterocycles. The molecule has 0 saturated carbocycles. The third-order valence-electron chi connectivity index (χ3n) is 3.11. The lowest BCUT2D eigenvalue weighted by molar-refractivity contribution is 0.0755. The Morgan fingerprint density at radius 2 is 2.00 bits per heavy atom. The van der Waals surface area contributed by atoms with E-state index in [-0.39, 0.29) is 24.1 Å². The summed E-state index contributed by atoms with van der Waals surface area (Å²) in [6.07, 6.45) is 0. The minimum Gasteiger partial charge on any atom is -0.350 e. The second kappa shape index (κ2) is 7.81. The van der Waals surface area contributed by atoms with Crippen LogP contribution in [0.4, 0.5) is 0 Å². The molecule has 0 aliphatic carbocycles. The standard InChI is InChI=1S/C15H19N3O2.ClH/c1-11-4-6-12(7-5-11)13-10-14(20-17-13)15(19)18(3)9-8-16-2;/h4-7,10,16H,8-9H2,1-3H3;1H. The lowest BCUT2D eigenvalue weighted by Crippen LogP contribution is -2.32. The summed E-state index contributed by atoms with van der Waals surface area (Å²) in [5, 5.41) is 6.96. The van der Waals surface area contributed by atoms with Gasteiger partial charge in [0.2, 0.25) is 5.76 Å². The zero-order chi connectivity index (χ0) is 14.5. The SMILES string of the molecule is CNCCN(C)C(=O)c1cc(-c2ccc(C)cc2)no1.Cl. The number of aromatic nitrogens is 1. The molecule has 1 N–H and O–H groups in total. The molecule has 2 rings (SSSR count). The summed E-state index contributed by atoms with van der Waals surface area (Å²) in [5.74, 6) is 0.102. The molecule has 1 aromatic heterocycles. The molecular formula is C15H20ClN3O2. The van der Waals surface area contributed by atoms with Crippen LogP contribution in [0, 0.1) is 6.92 Å². The molecule has 1 amide bonds. The van der Waals surface area contributed by atoms with Gasteiger partial charge in [-0.1, -0.05) is 35.0 Å². The Hall–Kier alpha value is -1.85. The van der Waals surface area contributed by atoms with Gasteiger partial charge in [0.25, 0.3) is 5.91 Å². The first-order valence-corrected chi connectivity index (χ1v) is 6.55. The number of hydrogen-bond donors (Lipinski definition) is 1. The van der Waals surface area contributed by atoms with Crippen molar-refractivity contribution < 1.29 is 9.32 Å². The first-order chi connectivity index (χ1) is 9.61. The Morgan fingerprint density at radius 1 is 1.33 bits per heavy atom. The number of amides is 1. The van der Waals surface area contributed by atoms with Crippen LogP contribution in [0.15, 0.2) is 34.9 Å². The van der Waals surface area contributed by atoms with E-state index in [1.807, 2.05) is 38.2 Å². The van der Waals surface area contributed by atoms with E-state index < -0.39 is 0 Å². The van der Waals surface area contributed by atoms with Crippen molar-refractivity contribution in [3.63, 3.8) is 0 Å². The number of halogens is 1. The third-order valence-corrected chi connectivity index (χ3v) is 3.11. The van der Waals surface area contributed by atoms with Crippen LogP contribution in [-0.4, -0.2) is 43.1 Å². The van der Waals surface area contributed by atoms with Gasteiger partial charge in [0.05, 0.1) is 0 Å². The molecule has 114 valence electrons. The van der Waals surface area contributed by atoms with Gasteiger partial charge in [-0.3, -0.25) is 4.79 Å². The molecule has 0 fully saturated rings. The number of aryl methyl sites for hydroxylation is 1. The third kappa shape index (κ3) is 4.31. The highest BCUT2D eigenvalue weighted by molar-refractivity contribution is 5.92. The quantitative estimate of drug-likeness (QED) is 0.921. The lowest BCUT2D eigenvalue weighted by Gasteiger charge is -2.14. The fourth-order valence-electron chi connectivity index (χ4n) is 1.81. The highest BCUT2D eigenvalue weighted by Gasteiger charge is 2.17. The summed E-state index contributed by atoms with van der Waals surface area (Å²) in [7, 11) is 3.59. The summed E-state index contributed by atoms with van der Waals surface area (Å²) in [4.78, 5) is 13.7. The second-order valence-electron chi connectivity index (χ2n) is 4.77. The Kier molecular flexibility index (Phi) is 6.39. The summed E-state index contributed by atoms with van der Waals surface area (Å²) < 4.78 is 5.15. The van der Waals surface area contributed by atoms with Gasteiger partial charge in [0.15, 0.2) is 0 Å². The van der Waals surface area contributed by atoms with Crippen molar-refractivity contribution in [2.24, 2.45) is 0 Å². The molecule has 1 aromatic carbocycles. The average molecular weight is 310 g/mol. The largest absolute Gasteiger partial charge is 0.350 e. The molecule has 5 nitrogen and oxygen atoms in total. The monoisotopic (exact) mass is 309 g/mol. The maximum Gasteiger partial charge on any atom is 0.292 e. The van der Waals surface area contributed by atoms with Gasteiger partial charge >= 0.3 is 0 Å². The van der Waals surface area contributed by atoms with E-state index in [1.165, 1.54) is 5.56 Å². The summed E-state index contributed by atoms with van der Waals surface area (Å²) in [5.41, 5.74) is 2.80. The molecular weight excluding hydrogens is 290 g/mol. The number of carbonyl (C=O) groups excluding carboxylic acids is 1. The minimum atomic E-state index is -0.161. The first-order valence-electron chi connectivity index (χ1n) is 6.55. The van der Waals surface area contributed by atoms with Gasteiger partial charge < -0.3 is 14.7 Å². The molecule has 21 heavy (non-hydrogen) atoms. The van der Waals surface area contributed by atoms with Gasteiger partial charge in [-0.2, -0.15) is 0 Å². The number of hydrogen-bond acceptors (Lipinski definition) is 4. The van der Waals surface area contributed by atoms with Crippen molar-refractivity contribution in [3.05, 3.63) is 41.7 Å². The zero-order valence-corrected chi connectivity index (χ0v) is 13.2. The molecule has 0 radical (unpaired) electrons. The van der Waals surface area contributed by atoms with Gasteiger partial charge in [0, 0.05) is 31.8 Å². The predicted octanol–water partition coefficient (Wildman–Crippen LogP) is 2.36. The molecule has 2 aromatic rings. The molecule has 0 unspecified atom stereocenters. The van der Waals surface area contributed by atoms with Gasteiger partial charge in [-0.15, -0.1) is 12.4 Å². The Morgan fingerprint density at radius 3 is 2.62 bits per heavy atom. The van der Waals surface area contributed by atoms with E-state index in [0.29, 0.717) is 12.2 Å². The number of nitrogens with one attached hydrogen (secondary N) is 1. The molecule has 0 aliphatic heterocycles. The topological polar surface area (TPSA) is 58.4 Å². The smallest absolute Gasteiger partial charge is 0.292 e. The Bertz CT molecular complexity index is 581. The van der Waals surface area contributed by atoms with E-state index in [0.717, 1.165) is 12.1 Å². The van der Waals surface area contributed by atoms with E-state index in [4.69, 9.17) is 4.52 Å². The van der Waals surface area contributed by atoms with Crippen molar-refractivity contribution in [1.82, 2.24) is 15.4 Å². The fourth-order valence-corrected chi connectivity index (χ4v) is 1.81. The number of likely N-dealkylation sites (N-methyl/N-ethyl adjacent to an activating group) is 2. The molecule has 6 heteroatoms. The van der Waals surface area contributed by atoms with Crippen molar-refractivity contribution >= 4 is 18.3 Å². The van der Waals surface area contributed by atoms with E-state index in [9.17, 15) is 4.79 Å². The fraction of sp³-hybridized carbons (Fsp3) is 0.333. The minimum absolute atomic E-state index is 0. The summed E-state index contributed by atoms with van der Waals surface area (Å²) in [6, 6.07) is 9.62. The number of benzene rings is 1. The van der Waals surface area contributed by atoms with Crippen molar-refractivity contribution in [1.29, 1.82) is 0 Å². The van der Waals surface area contributed by atoms with Crippen LogP contribution in [0.2, 0.25) is 0 Å². The van der Waals surface area contributed by atoms with Crippen LogP contribution < -0.4 is 5.32 Å².